The summed E-state index contributed by atoms with van der Waals surface area (Å²) in [5, 5.41) is 2.50. The first-order chi connectivity index (χ1) is 27.8. The Bertz CT molecular complexity index is 2870. The zero-order chi connectivity index (χ0) is 37.3. The first-order valence-electron chi connectivity index (χ1n) is 19.2. The number of fused-ring (bicyclic) bond motifs is 3. The van der Waals surface area contributed by atoms with E-state index in [2.05, 4.69) is 240 Å². The van der Waals surface area contributed by atoms with Crippen LogP contribution in [0, 0.1) is 0 Å². The van der Waals surface area contributed by atoms with Crippen LogP contribution in [-0.4, -0.2) is 4.57 Å². The normalized spacial score (nSPS) is 11.2. The Morgan fingerprint density at radius 1 is 0.286 bits per heavy atom. The lowest BCUT2D eigenvalue weighted by molar-refractivity contribution is 1.18. The van der Waals surface area contributed by atoms with Crippen molar-refractivity contribution in [3.8, 4) is 50.2 Å². The molecule has 1 aromatic heterocycles. The number of para-hydroxylation sites is 3. The van der Waals surface area contributed by atoms with Gasteiger partial charge < -0.3 is 9.47 Å². The second kappa shape index (κ2) is 14.4. The average Bonchev–Trinajstić information content (AvgIpc) is 3.63. The Balaban J connectivity index is 1.08. The van der Waals surface area contributed by atoms with Crippen molar-refractivity contribution in [3.05, 3.63) is 231 Å². The molecule has 0 fully saturated rings. The van der Waals surface area contributed by atoms with Crippen LogP contribution in [0.25, 0.3) is 72.0 Å². The molecule has 10 aromatic rings. The summed E-state index contributed by atoms with van der Waals surface area (Å²) in [5.41, 5.74) is 16.4. The highest BCUT2D eigenvalue weighted by molar-refractivity contribution is 6.16. The van der Waals surface area contributed by atoms with Crippen molar-refractivity contribution in [1.82, 2.24) is 4.57 Å². The summed E-state index contributed by atoms with van der Waals surface area (Å²) in [5.74, 6) is 0. The van der Waals surface area contributed by atoms with Crippen molar-refractivity contribution in [1.29, 1.82) is 0 Å². The molecule has 0 amide bonds. The Morgan fingerprint density at radius 2 is 0.750 bits per heavy atom. The molecule has 0 aliphatic rings. The van der Waals surface area contributed by atoms with Crippen molar-refractivity contribution in [2.75, 3.05) is 4.90 Å². The minimum atomic E-state index is 1.10. The van der Waals surface area contributed by atoms with Gasteiger partial charge in [-0.1, -0.05) is 152 Å². The van der Waals surface area contributed by atoms with Gasteiger partial charge in [-0.25, -0.2) is 0 Å². The fourth-order valence-electron chi connectivity index (χ4n) is 8.14. The predicted molar refractivity (Wildman–Crippen MR) is 237 cm³/mol. The third-order valence-corrected chi connectivity index (χ3v) is 10.7. The van der Waals surface area contributed by atoms with Crippen LogP contribution in [0.3, 0.4) is 0 Å². The smallest absolute Gasteiger partial charge is 0.0547 e. The maximum absolute atomic E-state index is 2.38. The molecule has 9 aromatic carbocycles. The van der Waals surface area contributed by atoms with Gasteiger partial charge >= 0.3 is 0 Å². The fourth-order valence-corrected chi connectivity index (χ4v) is 8.14. The Hall–Kier alpha value is -7.42. The van der Waals surface area contributed by atoms with E-state index < -0.39 is 0 Å². The van der Waals surface area contributed by atoms with E-state index in [9.17, 15) is 0 Å². The maximum Gasteiger partial charge on any atom is 0.0547 e. The highest BCUT2D eigenvalue weighted by Gasteiger charge is 2.18. The summed E-state index contributed by atoms with van der Waals surface area (Å²) in [6, 6.07) is 83.0. The lowest BCUT2D eigenvalue weighted by atomic mass is 9.93. The molecule has 10 rings (SSSR count). The highest BCUT2D eigenvalue weighted by Crippen LogP contribution is 2.42. The van der Waals surface area contributed by atoms with E-state index in [1.165, 1.54) is 66.3 Å². The molecular weight excluding hydrogens is 677 g/mol. The average molecular weight is 715 g/mol. The minimum Gasteiger partial charge on any atom is -0.310 e. The third kappa shape index (κ3) is 6.14. The van der Waals surface area contributed by atoms with Crippen LogP contribution in [0.4, 0.5) is 17.1 Å². The SMILES string of the molecule is c1ccc(-c2cc(-c3ccccc3)cc(-c3ccc(N(c4ccccc4)c4cccc(-c5cccc6c5c5ccccc5n6-c5ccccc5)c4)cc3)c2)cc1. The second-order valence-electron chi connectivity index (χ2n) is 14.2. The van der Waals surface area contributed by atoms with Crippen molar-refractivity contribution < 1.29 is 0 Å². The standard InChI is InChI=1S/C54H38N2/c1-5-17-39(18-6-1)43-35-44(40-19-7-2-8-20-40)37-45(36-43)41-31-33-48(34-32-41)55(46-22-9-3-10-23-46)49-26-15-21-42(38-49)50-28-16-30-53-54(50)51-27-13-14-29-52(51)56(53)47-24-11-4-12-25-47/h1-38H. The van der Waals surface area contributed by atoms with E-state index in [1.807, 2.05) is 0 Å². The van der Waals surface area contributed by atoms with Crippen molar-refractivity contribution >= 4 is 38.9 Å². The molecule has 0 radical (unpaired) electrons. The summed E-state index contributed by atoms with van der Waals surface area (Å²) in [4.78, 5) is 2.36. The molecule has 0 aliphatic heterocycles. The van der Waals surface area contributed by atoms with Gasteiger partial charge in [0.25, 0.3) is 0 Å². The Morgan fingerprint density at radius 3 is 1.39 bits per heavy atom. The number of rotatable bonds is 8. The summed E-state index contributed by atoms with van der Waals surface area (Å²) < 4.78 is 2.38. The van der Waals surface area contributed by atoms with Crippen LogP contribution in [-0.2, 0) is 0 Å². The van der Waals surface area contributed by atoms with E-state index in [4.69, 9.17) is 0 Å². The zero-order valence-electron chi connectivity index (χ0n) is 30.8. The molecule has 0 aliphatic carbocycles. The van der Waals surface area contributed by atoms with Gasteiger partial charge in [0.05, 0.1) is 11.0 Å². The van der Waals surface area contributed by atoms with E-state index in [-0.39, 0.29) is 0 Å². The molecule has 2 nitrogen and oxygen atoms in total. The predicted octanol–water partition coefficient (Wildman–Crippen LogP) is 14.9. The van der Waals surface area contributed by atoms with Gasteiger partial charge in [-0.05, 0) is 123 Å². The molecule has 0 bridgehead atoms. The minimum absolute atomic E-state index is 1.10. The molecule has 0 spiro atoms. The van der Waals surface area contributed by atoms with Gasteiger partial charge in [-0.3, -0.25) is 0 Å². The molecule has 56 heavy (non-hydrogen) atoms. The first-order valence-corrected chi connectivity index (χ1v) is 19.2. The number of nitrogens with zero attached hydrogens (tertiary/aromatic N) is 2. The first kappa shape index (κ1) is 33.2. The van der Waals surface area contributed by atoms with E-state index in [0.717, 1.165) is 22.7 Å². The van der Waals surface area contributed by atoms with Gasteiger partial charge in [0, 0.05) is 33.5 Å². The molecule has 0 saturated carbocycles. The summed E-state index contributed by atoms with van der Waals surface area (Å²) in [7, 11) is 0. The van der Waals surface area contributed by atoms with Crippen LogP contribution >= 0.6 is 0 Å². The number of benzene rings is 9. The monoisotopic (exact) mass is 714 g/mol. The van der Waals surface area contributed by atoms with Gasteiger partial charge in [-0.2, -0.15) is 0 Å². The molecule has 0 saturated heterocycles. The quantitative estimate of drug-likeness (QED) is 0.152. The van der Waals surface area contributed by atoms with E-state index >= 15 is 0 Å². The molecule has 0 atom stereocenters. The van der Waals surface area contributed by atoms with Gasteiger partial charge in [0.2, 0.25) is 0 Å². The fraction of sp³-hybridized carbons (Fsp3) is 0. The van der Waals surface area contributed by atoms with Gasteiger partial charge in [0.1, 0.15) is 0 Å². The van der Waals surface area contributed by atoms with E-state index in [0.29, 0.717) is 0 Å². The lowest BCUT2D eigenvalue weighted by Crippen LogP contribution is -2.09. The number of hydrogen-bond donors (Lipinski definition) is 0. The Kier molecular flexibility index (Phi) is 8.55. The van der Waals surface area contributed by atoms with Crippen molar-refractivity contribution in [2.45, 2.75) is 0 Å². The second-order valence-corrected chi connectivity index (χ2v) is 14.2. The lowest BCUT2D eigenvalue weighted by Gasteiger charge is -2.26. The van der Waals surface area contributed by atoms with Crippen LogP contribution in [0.1, 0.15) is 0 Å². The molecule has 0 N–H and O–H groups in total. The van der Waals surface area contributed by atoms with Crippen LogP contribution in [0.2, 0.25) is 0 Å². The van der Waals surface area contributed by atoms with Crippen LogP contribution in [0.15, 0.2) is 231 Å². The maximum atomic E-state index is 2.38. The largest absolute Gasteiger partial charge is 0.310 e. The van der Waals surface area contributed by atoms with E-state index in [1.54, 1.807) is 0 Å². The third-order valence-electron chi connectivity index (χ3n) is 10.7. The van der Waals surface area contributed by atoms with Crippen molar-refractivity contribution in [2.24, 2.45) is 0 Å². The zero-order valence-corrected chi connectivity index (χ0v) is 30.8. The molecule has 2 heteroatoms. The molecular formula is C54H38N2. The number of aromatic nitrogens is 1. The van der Waals surface area contributed by atoms with Gasteiger partial charge in [-0.15, -0.1) is 0 Å². The summed E-state index contributed by atoms with van der Waals surface area (Å²) in [6.45, 7) is 0. The molecule has 0 unspecified atom stereocenters. The highest BCUT2D eigenvalue weighted by atomic mass is 15.1. The van der Waals surface area contributed by atoms with Crippen LogP contribution in [0.5, 0.6) is 0 Å². The number of anilines is 3. The van der Waals surface area contributed by atoms with Crippen LogP contribution < -0.4 is 4.90 Å². The number of hydrogen-bond acceptors (Lipinski definition) is 1. The molecule has 264 valence electrons. The summed E-state index contributed by atoms with van der Waals surface area (Å²) >= 11 is 0. The summed E-state index contributed by atoms with van der Waals surface area (Å²) in [6.07, 6.45) is 0. The van der Waals surface area contributed by atoms with Gasteiger partial charge in [0.15, 0.2) is 0 Å². The topological polar surface area (TPSA) is 8.17 Å². The Labute approximate surface area is 327 Å². The molecule has 1 heterocycles. The van der Waals surface area contributed by atoms with Crippen molar-refractivity contribution in [3.63, 3.8) is 0 Å².